The van der Waals surface area contributed by atoms with Crippen LogP contribution in [-0.4, -0.2) is 30.0 Å². The van der Waals surface area contributed by atoms with E-state index in [2.05, 4.69) is 0 Å². The Balaban J connectivity index is 1.85. The number of benzene rings is 1. The van der Waals surface area contributed by atoms with E-state index in [-0.39, 0.29) is 12.0 Å². The smallest absolute Gasteiger partial charge is 0.219 e. The van der Waals surface area contributed by atoms with Gasteiger partial charge in [0.1, 0.15) is 11.9 Å². The fourth-order valence-corrected chi connectivity index (χ4v) is 2.12. The molecule has 0 aliphatic carbocycles. The van der Waals surface area contributed by atoms with Crippen LogP contribution in [0, 0.1) is 0 Å². The third-order valence-corrected chi connectivity index (χ3v) is 3.26. The molecule has 0 aromatic heterocycles. The predicted octanol–water partition coefficient (Wildman–Crippen LogP) is 2.73. The molecule has 0 bridgehead atoms. The molecule has 1 saturated heterocycles. The Hall–Kier alpha value is -1.22. The lowest BCUT2D eigenvalue weighted by Crippen LogP contribution is -2.40. The zero-order valence-electron chi connectivity index (χ0n) is 9.86. The van der Waals surface area contributed by atoms with Crippen molar-refractivity contribution in [1.82, 2.24) is 4.90 Å². The van der Waals surface area contributed by atoms with Gasteiger partial charge in [-0.3, -0.25) is 4.79 Å². The first kappa shape index (κ1) is 12.2. The van der Waals surface area contributed by atoms with E-state index in [0.29, 0.717) is 5.02 Å². The third-order valence-electron chi connectivity index (χ3n) is 3.00. The molecule has 4 heteroatoms. The average molecular weight is 254 g/mol. The molecular formula is C13H16ClNO2. The molecule has 1 aromatic carbocycles. The van der Waals surface area contributed by atoms with Crippen molar-refractivity contribution in [1.29, 1.82) is 0 Å². The topological polar surface area (TPSA) is 29.5 Å². The first-order valence-electron chi connectivity index (χ1n) is 5.83. The lowest BCUT2D eigenvalue weighted by molar-refractivity contribution is -0.130. The second-order valence-electron chi connectivity index (χ2n) is 4.28. The molecule has 1 aromatic rings. The van der Waals surface area contributed by atoms with Crippen LogP contribution in [0.2, 0.25) is 5.02 Å². The van der Waals surface area contributed by atoms with Gasteiger partial charge in [-0.25, -0.2) is 0 Å². The van der Waals surface area contributed by atoms with Gasteiger partial charge in [0.25, 0.3) is 0 Å². The number of hydrogen-bond donors (Lipinski definition) is 0. The lowest BCUT2D eigenvalue weighted by Gasteiger charge is -2.31. The Morgan fingerprint density at radius 3 is 2.41 bits per heavy atom. The van der Waals surface area contributed by atoms with E-state index in [1.54, 1.807) is 6.92 Å². The van der Waals surface area contributed by atoms with Gasteiger partial charge in [-0.05, 0) is 24.3 Å². The Morgan fingerprint density at radius 1 is 1.29 bits per heavy atom. The molecule has 0 saturated carbocycles. The maximum atomic E-state index is 11.2. The van der Waals surface area contributed by atoms with Crippen LogP contribution in [0.5, 0.6) is 5.75 Å². The lowest BCUT2D eigenvalue weighted by atomic mass is 10.1. The van der Waals surface area contributed by atoms with Gasteiger partial charge in [0.2, 0.25) is 5.91 Å². The summed E-state index contributed by atoms with van der Waals surface area (Å²) in [7, 11) is 0. The monoisotopic (exact) mass is 253 g/mol. The first-order chi connectivity index (χ1) is 8.15. The Labute approximate surface area is 106 Å². The standard InChI is InChI=1S/C13H16ClNO2/c1-10(16)15-8-6-13(7-9-15)17-12-4-2-11(14)3-5-12/h2-5,13H,6-9H2,1H3. The van der Waals surface area contributed by atoms with Crippen molar-refractivity contribution in [3.05, 3.63) is 29.3 Å². The number of nitrogens with zero attached hydrogens (tertiary/aromatic N) is 1. The number of halogens is 1. The first-order valence-corrected chi connectivity index (χ1v) is 6.20. The van der Waals surface area contributed by atoms with Gasteiger partial charge >= 0.3 is 0 Å². The predicted molar refractivity (Wildman–Crippen MR) is 67.4 cm³/mol. The number of likely N-dealkylation sites (tertiary alicyclic amines) is 1. The summed E-state index contributed by atoms with van der Waals surface area (Å²) < 4.78 is 5.84. The summed E-state index contributed by atoms with van der Waals surface area (Å²) in [4.78, 5) is 13.0. The van der Waals surface area contributed by atoms with Crippen molar-refractivity contribution in [3.63, 3.8) is 0 Å². The number of piperidine rings is 1. The molecule has 1 aliphatic rings. The fourth-order valence-electron chi connectivity index (χ4n) is 1.99. The molecular weight excluding hydrogens is 238 g/mol. The summed E-state index contributed by atoms with van der Waals surface area (Å²) in [5.74, 6) is 0.991. The van der Waals surface area contributed by atoms with Crippen LogP contribution in [0.3, 0.4) is 0 Å². The molecule has 0 unspecified atom stereocenters. The fraction of sp³-hybridized carbons (Fsp3) is 0.462. The Kier molecular flexibility index (Phi) is 3.89. The Morgan fingerprint density at radius 2 is 1.88 bits per heavy atom. The zero-order chi connectivity index (χ0) is 12.3. The van der Waals surface area contributed by atoms with Gasteiger partial charge in [-0.15, -0.1) is 0 Å². The molecule has 1 heterocycles. The van der Waals surface area contributed by atoms with Crippen molar-refractivity contribution in [2.24, 2.45) is 0 Å². The highest BCUT2D eigenvalue weighted by Crippen LogP contribution is 2.20. The minimum atomic E-state index is 0.148. The molecule has 2 rings (SSSR count). The van der Waals surface area contributed by atoms with Crippen LogP contribution in [0.25, 0.3) is 0 Å². The average Bonchev–Trinajstić information content (AvgIpc) is 2.33. The largest absolute Gasteiger partial charge is 0.490 e. The molecule has 0 spiro atoms. The van der Waals surface area contributed by atoms with Crippen molar-refractivity contribution in [2.45, 2.75) is 25.9 Å². The highest BCUT2D eigenvalue weighted by atomic mass is 35.5. The van der Waals surface area contributed by atoms with Crippen LogP contribution in [0.15, 0.2) is 24.3 Å². The number of carbonyl (C=O) groups is 1. The van der Waals surface area contributed by atoms with Crippen LogP contribution in [0.4, 0.5) is 0 Å². The van der Waals surface area contributed by atoms with E-state index in [1.807, 2.05) is 29.2 Å². The van der Waals surface area contributed by atoms with E-state index in [1.165, 1.54) is 0 Å². The molecule has 1 fully saturated rings. The van der Waals surface area contributed by atoms with E-state index < -0.39 is 0 Å². The van der Waals surface area contributed by atoms with Gasteiger partial charge in [-0.1, -0.05) is 11.6 Å². The normalized spacial score (nSPS) is 16.9. The number of carbonyl (C=O) groups excluding carboxylic acids is 1. The number of ether oxygens (including phenoxy) is 1. The quantitative estimate of drug-likeness (QED) is 0.811. The van der Waals surface area contributed by atoms with Gasteiger partial charge in [-0.2, -0.15) is 0 Å². The molecule has 3 nitrogen and oxygen atoms in total. The molecule has 0 atom stereocenters. The molecule has 92 valence electrons. The van der Waals surface area contributed by atoms with Gasteiger partial charge in [0.15, 0.2) is 0 Å². The van der Waals surface area contributed by atoms with Crippen molar-refractivity contribution >= 4 is 17.5 Å². The minimum absolute atomic E-state index is 0.148. The van der Waals surface area contributed by atoms with E-state index in [4.69, 9.17) is 16.3 Å². The maximum absolute atomic E-state index is 11.2. The number of hydrogen-bond acceptors (Lipinski definition) is 2. The minimum Gasteiger partial charge on any atom is -0.490 e. The summed E-state index contributed by atoms with van der Waals surface area (Å²) in [5.41, 5.74) is 0. The summed E-state index contributed by atoms with van der Waals surface area (Å²) >= 11 is 5.81. The van der Waals surface area contributed by atoms with Crippen molar-refractivity contribution < 1.29 is 9.53 Å². The highest BCUT2D eigenvalue weighted by molar-refractivity contribution is 6.30. The van der Waals surface area contributed by atoms with E-state index >= 15 is 0 Å². The van der Waals surface area contributed by atoms with E-state index in [0.717, 1.165) is 31.7 Å². The van der Waals surface area contributed by atoms with Gasteiger partial charge in [0, 0.05) is 37.9 Å². The molecule has 1 amide bonds. The van der Waals surface area contributed by atoms with Crippen LogP contribution < -0.4 is 4.74 Å². The van der Waals surface area contributed by atoms with E-state index in [9.17, 15) is 4.79 Å². The second kappa shape index (κ2) is 5.41. The Bertz CT molecular complexity index is 383. The third kappa shape index (κ3) is 3.37. The summed E-state index contributed by atoms with van der Waals surface area (Å²) in [6.45, 7) is 3.18. The number of rotatable bonds is 2. The number of amides is 1. The summed E-state index contributed by atoms with van der Waals surface area (Å²) in [6.07, 6.45) is 1.98. The molecule has 0 radical (unpaired) electrons. The van der Waals surface area contributed by atoms with Crippen LogP contribution in [0.1, 0.15) is 19.8 Å². The molecule has 1 aliphatic heterocycles. The second-order valence-corrected chi connectivity index (χ2v) is 4.71. The zero-order valence-corrected chi connectivity index (χ0v) is 10.6. The molecule has 17 heavy (non-hydrogen) atoms. The van der Waals surface area contributed by atoms with Crippen LogP contribution in [-0.2, 0) is 4.79 Å². The summed E-state index contributed by atoms with van der Waals surface area (Å²) in [5, 5.41) is 0.712. The van der Waals surface area contributed by atoms with Crippen LogP contribution >= 0.6 is 11.6 Å². The van der Waals surface area contributed by atoms with Gasteiger partial charge < -0.3 is 9.64 Å². The summed E-state index contributed by atoms with van der Waals surface area (Å²) in [6, 6.07) is 7.39. The SMILES string of the molecule is CC(=O)N1CCC(Oc2ccc(Cl)cc2)CC1. The van der Waals surface area contributed by atoms with Crippen molar-refractivity contribution in [2.75, 3.05) is 13.1 Å². The van der Waals surface area contributed by atoms with Crippen molar-refractivity contribution in [3.8, 4) is 5.75 Å². The van der Waals surface area contributed by atoms with Gasteiger partial charge in [0.05, 0.1) is 0 Å². The molecule has 0 N–H and O–H groups in total. The highest BCUT2D eigenvalue weighted by Gasteiger charge is 2.21. The maximum Gasteiger partial charge on any atom is 0.219 e.